The number of thiazole rings is 2. The van der Waals surface area contributed by atoms with Gasteiger partial charge >= 0.3 is 0 Å². The monoisotopic (exact) mass is 438 g/mol. The molecule has 0 fully saturated rings. The molecular formula is C21H18N4O3S2. The molecule has 0 unspecified atom stereocenters. The Morgan fingerprint density at radius 2 is 1.83 bits per heavy atom. The second kappa shape index (κ2) is 8.60. The average molecular weight is 439 g/mol. The summed E-state index contributed by atoms with van der Waals surface area (Å²) in [6, 6.07) is 9.41. The van der Waals surface area contributed by atoms with Crippen LogP contribution in [0.5, 0.6) is 0 Å². The predicted octanol–water partition coefficient (Wildman–Crippen LogP) is 4.91. The lowest BCUT2D eigenvalue weighted by molar-refractivity contribution is -0.115. The van der Waals surface area contributed by atoms with E-state index >= 15 is 0 Å². The average Bonchev–Trinajstić information content (AvgIpc) is 3.46. The van der Waals surface area contributed by atoms with E-state index in [1.165, 1.54) is 28.9 Å². The topological polar surface area (TPSA) is 97.1 Å². The van der Waals surface area contributed by atoms with E-state index in [1.807, 2.05) is 19.2 Å². The maximum Gasteiger partial charge on any atom is 0.293 e. The van der Waals surface area contributed by atoms with Crippen LogP contribution >= 0.6 is 22.7 Å². The Morgan fingerprint density at radius 3 is 2.63 bits per heavy atom. The van der Waals surface area contributed by atoms with Crippen LogP contribution in [0.2, 0.25) is 0 Å². The van der Waals surface area contributed by atoms with Gasteiger partial charge < -0.3 is 9.73 Å². The van der Waals surface area contributed by atoms with Crippen molar-refractivity contribution in [2.45, 2.75) is 20.3 Å². The number of aromatic nitrogens is 2. The first-order chi connectivity index (χ1) is 14.5. The Bertz CT molecular complexity index is 1190. The number of aryl methyl sites for hydroxylation is 2. The van der Waals surface area contributed by atoms with Crippen molar-refractivity contribution in [3.63, 3.8) is 0 Å². The molecule has 3 heterocycles. The molecular weight excluding hydrogens is 420 g/mol. The van der Waals surface area contributed by atoms with Gasteiger partial charge in [0.15, 0.2) is 16.0 Å². The summed E-state index contributed by atoms with van der Waals surface area (Å²) in [5, 5.41) is 10.1. The van der Waals surface area contributed by atoms with E-state index in [9.17, 15) is 9.59 Å². The Kier molecular flexibility index (Phi) is 5.73. The van der Waals surface area contributed by atoms with Gasteiger partial charge in [-0.1, -0.05) is 17.7 Å². The lowest BCUT2D eigenvalue weighted by atomic mass is 10.0. The summed E-state index contributed by atoms with van der Waals surface area (Å²) in [6.07, 6.45) is 1.52. The van der Waals surface area contributed by atoms with Crippen molar-refractivity contribution in [2.75, 3.05) is 10.6 Å². The van der Waals surface area contributed by atoms with Gasteiger partial charge in [0, 0.05) is 16.3 Å². The molecule has 0 bridgehead atoms. The number of nitrogens with zero attached hydrogens (tertiary/aromatic N) is 2. The Balaban J connectivity index is 1.36. The van der Waals surface area contributed by atoms with Crippen LogP contribution in [0, 0.1) is 13.8 Å². The van der Waals surface area contributed by atoms with E-state index in [-0.39, 0.29) is 24.0 Å². The zero-order valence-electron chi connectivity index (χ0n) is 16.3. The number of carbonyl (C=O) groups excluding carboxylic acids is 2. The maximum atomic E-state index is 12.4. The first-order valence-corrected chi connectivity index (χ1v) is 10.9. The van der Waals surface area contributed by atoms with Gasteiger partial charge in [0.25, 0.3) is 5.91 Å². The number of furan rings is 1. The largest absolute Gasteiger partial charge is 0.459 e. The molecule has 4 aromatic rings. The van der Waals surface area contributed by atoms with Gasteiger partial charge in [0.1, 0.15) is 0 Å². The third kappa shape index (κ3) is 4.64. The number of hydrogen-bond acceptors (Lipinski definition) is 7. The molecule has 3 aromatic heterocycles. The SMILES string of the molecule is Cc1ccc(C)c(-c2csc(NC(=O)Cc3csc(NC(=O)c4ccco4)n3)n2)c1. The number of hydrogen-bond donors (Lipinski definition) is 2. The van der Waals surface area contributed by atoms with Crippen molar-refractivity contribution < 1.29 is 14.0 Å². The summed E-state index contributed by atoms with van der Waals surface area (Å²) in [5.74, 6) is -0.397. The van der Waals surface area contributed by atoms with Gasteiger partial charge in [0.05, 0.1) is 24.1 Å². The zero-order valence-corrected chi connectivity index (χ0v) is 17.9. The van der Waals surface area contributed by atoms with E-state index in [1.54, 1.807) is 17.5 Å². The van der Waals surface area contributed by atoms with Crippen LogP contribution in [0.25, 0.3) is 11.3 Å². The molecule has 2 amide bonds. The van der Waals surface area contributed by atoms with Crippen LogP contribution in [0.3, 0.4) is 0 Å². The van der Waals surface area contributed by atoms with Crippen molar-refractivity contribution in [3.05, 3.63) is 69.9 Å². The van der Waals surface area contributed by atoms with E-state index in [0.717, 1.165) is 22.4 Å². The molecule has 0 saturated carbocycles. The fraction of sp³-hybridized carbons (Fsp3) is 0.143. The van der Waals surface area contributed by atoms with Crippen LogP contribution in [0.4, 0.5) is 10.3 Å². The van der Waals surface area contributed by atoms with Gasteiger partial charge in [-0.2, -0.15) is 0 Å². The second-order valence-corrected chi connectivity index (χ2v) is 8.37. The minimum atomic E-state index is -0.382. The normalized spacial score (nSPS) is 10.7. The van der Waals surface area contributed by atoms with Gasteiger partial charge in [-0.25, -0.2) is 9.97 Å². The van der Waals surface area contributed by atoms with Gasteiger partial charge in [-0.15, -0.1) is 22.7 Å². The third-order valence-corrected chi connectivity index (χ3v) is 5.84. The van der Waals surface area contributed by atoms with Gasteiger partial charge in [-0.05, 0) is 37.6 Å². The van der Waals surface area contributed by atoms with E-state index in [2.05, 4.69) is 38.8 Å². The molecule has 0 atom stereocenters. The van der Waals surface area contributed by atoms with E-state index < -0.39 is 0 Å². The highest BCUT2D eigenvalue weighted by atomic mass is 32.1. The summed E-state index contributed by atoms with van der Waals surface area (Å²) in [5.41, 5.74) is 4.76. The lowest BCUT2D eigenvalue weighted by Crippen LogP contribution is -2.15. The smallest absolute Gasteiger partial charge is 0.293 e. The van der Waals surface area contributed by atoms with Crippen molar-refractivity contribution in [2.24, 2.45) is 0 Å². The third-order valence-electron chi connectivity index (χ3n) is 4.28. The lowest BCUT2D eigenvalue weighted by Gasteiger charge is -2.04. The molecule has 0 saturated heterocycles. The van der Waals surface area contributed by atoms with Crippen molar-refractivity contribution in [1.82, 2.24) is 9.97 Å². The Morgan fingerprint density at radius 1 is 1.03 bits per heavy atom. The maximum absolute atomic E-state index is 12.4. The van der Waals surface area contributed by atoms with E-state index in [4.69, 9.17) is 4.42 Å². The minimum Gasteiger partial charge on any atom is -0.459 e. The Hall–Kier alpha value is -3.30. The quantitative estimate of drug-likeness (QED) is 0.446. The zero-order chi connectivity index (χ0) is 21.1. The number of rotatable bonds is 6. The van der Waals surface area contributed by atoms with Crippen LogP contribution in [0.15, 0.2) is 51.8 Å². The molecule has 1 aromatic carbocycles. The molecule has 2 N–H and O–H groups in total. The molecule has 0 spiro atoms. The van der Waals surface area contributed by atoms with Crippen molar-refractivity contribution in [1.29, 1.82) is 0 Å². The van der Waals surface area contributed by atoms with Gasteiger partial charge in [-0.3, -0.25) is 14.9 Å². The van der Waals surface area contributed by atoms with Crippen molar-refractivity contribution >= 4 is 44.8 Å². The fourth-order valence-electron chi connectivity index (χ4n) is 2.81. The molecule has 4 rings (SSSR count). The van der Waals surface area contributed by atoms with Crippen LogP contribution < -0.4 is 10.6 Å². The van der Waals surface area contributed by atoms with Crippen molar-refractivity contribution in [3.8, 4) is 11.3 Å². The molecule has 152 valence electrons. The first-order valence-electron chi connectivity index (χ1n) is 9.10. The first kappa shape index (κ1) is 20.0. The highest BCUT2D eigenvalue weighted by molar-refractivity contribution is 7.14. The number of nitrogens with one attached hydrogen (secondary N) is 2. The molecule has 30 heavy (non-hydrogen) atoms. The molecule has 9 heteroatoms. The summed E-state index contributed by atoms with van der Waals surface area (Å²) < 4.78 is 5.05. The summed E-state index contributed by atoms with van der Waals surface area (Å²) in [6.45, 7) is 4.08. The fourth-order valence-corrected chi connectivity index (χ4v) is 4.24. The predicted molar refractivity (Wildman–Crippen MR) is 118 cm³/mol. The van der Waals surface area contributed by atoms with Crippen LogP contribution in [-0.2, 0) is 11.2 Å². The van der Waals surface area contributed by atoms with Crippen LogP contribution in [-0.4, -0.2) is 21.8 Å². The van der Waals surface area contributed by atoms with Crippen LogP contribution in [0.1, 0.15) is 27.4 Å². The molecule has 0 radical (unpaired) electrons. The number of amides is 2. The standard InChI is InChI=1S/C21H18N4O3S2/c1-12-5-6-13(2)15(8-12)16-11-30-21(23-16)24-18(26)9-14-10-29-20(22-14)25-19(27)17-4-3-7-28-17/h3-8,10-11H,9H2,1-2H3,(H,22,25,27)(H,23,24,26). The Labute approximate surface area is 180 Å². The summed E-state index contributed by atoms with van der Waals surface area (Å²) in [4.78, 5) is 33.2. The molecule has 0 aliphatic rings. The van der Waals surface area contributed by atoms with Gasteiger partial charge in [0.2, 0.25) is 5.91 Å². The molecule has 0 aliphatic heterocycles. The minimum absolute atomic E-state index is 0.0888. The highest BCUT2D eigenvalue weighted by Gasteiger charge is 2.14. The number of anilines is 2. The second-order valence-electron chi connectivity index (χ2n) is 6.66. The highest BCUT2D eigenvalue weighted by Crippen LogP contribution is 2.28. The number of carbonyl (C=O) groups is 2. The summed E-state index contributed by atoms with van der Waals surface area (Å²) >= 11 is 2.63. The molecule has 0 aliphatic carbocycles. The molecule has 7 nitrogen and oxygen atoms in total. The van der Waals surface area contributed by atoms with E-state index in [0.29, 0.717) is 16.0 Å². The number of benzene rings is 1. The summed E-state index contributed by atoms with van der Waals surface area (Å²) in [7, 11) is 0.